The minimum Gasteiger partial charge on any atom is -0.490 e. The molecule has 1 saturated carbocycles. The van der Waals surface area contributed by atoms with Crippen LogP contribution < -0.4 is 4.74 Å². The van der Waals surface area contributed by atoms with Crippen LogP contribution in [0.1, 0.15) is 58.4 Å². The van der Waals surface area contributed by atoms with Crippen molar-refractivity contribution in [2.75, 3.05) is 13.2 Å². The Morgan fingerprint density at radius 2 is 2.17 bits per heavy atom. The van der Waals surface area contributed by atoms with E-state index in [1.54, 1.807) is 11.1 Å². The minimum absolute atomic E-state index is 0.0906. The molecule has 0 spiro atoms. The molecular formula is C19H28N2O3. The van der Waals surface area contributed by atoms with E-state index < -0.39 is 5.60 Å². The van der Waals surface area contributed by atoms with Gasteiger partial charge in [-0.1, -0.05) is 13.3 Å². The van der Waals surface area contributed by atoms with Crippen molar-refractivity contribution < 1.29 is 14.3 Å². The summed E-state index contributed by atoms with van der Waals surface area (Å²) in [6.45, 7) is 9.12. The number of carbonyl (C=O) groups is 1. The fourth-order valence-corrected chi connectivity index (χ4v) is 3.19. The topological polar surface area (TPSA) is 51.7 Å². The lowest BCUT2D eigenvalue weighted by Crippen LogP contribution is -2.55. The molecule has 1 aliphatic carbocycles. The summed E-state index contributed by atoms with van der Waals surface area (Å²) in [5.41, 5.74) is 0.813. The predicted molar refractivity (Wildman–Crippen MR) is 92.2 cm³/mol. The van der Waals surface area contributed by atoms with Gasteiger partial charge in [0.25, 0.3) is 0 Å². The Morgan fingerprint density at radius 1 is 1.38 bits per heavy atom. The molecule has 1 aromatic rings. The molecule has 5 nitrogen and oxygen atoms in total. The van der Waals surface area contributed by atoms with Gasteiger partial charge in [0.2, 0.25) is 0 Å². The minimum atomic E-state index is -0.462. The quantitative estimate of drug-likeness (QED) is 0.818. The standard InChI is InChI=1S/C19H28N2O3/c1-5-13-9-17(13)14-8-16(11-20-10-14)23-12-15-6-7-21(15)18(22)24-19(2,3)4/h8,10-11,13,15,17H,5-7,9,12H2,1-4H3/t13?,15-,17+/m0/s1. The number of nitrogens with zero attached hydrogens (tertiary/aromatic N) is 2. The van der Waals surface area contributed by atoms with Gasteiger partial charge in [-0.15, -0.1) is 0 Å². The van der Waals surface area contributed by atoms with Crippen LogP contribution in [0.5, 0.6) is 5.75 Å². The third-order valence-electron chi connectivity index (χ3n) is 4.82. The van der Waals surface area contributed by atoms with Crippen molar-refractivity contribution in [2.24, 2.45) is 5.92 Å². The van der Waals surface area contributed by atoms with Crippen molar-refractivity contribution >= 4 is 6.09 Å². The number of carbonyl (C=O) groups excluding carboxylic acids is 1. The van der Waals surface area contributed by atoms with Gasteiger partial charge < -0.3 is 14.4 Å². The maximum absolute atomic E-state index is 12.1. The first-order valence-electron chi connectivity index (χ1n) is 8.94. The van der Waals surface area contributed by atoms with Crippen molar-refractivity contribution in [2.45, 2.75) is 64.5 Å². The Kier molecular flexibility index (Phi) is 4.70. The van der Waals surface area contributed by atoms with Gasteiger partial charge in [0.1, 0.15) is 18.0 Å². The Labute approximate surface area is 144 Å². The summed E-state index contributed by atoms with van der Waals surface area (Å²) in [5.74, 6) is 2.25. The van der Waals surface area contributed by atoms with Crippen LogP contribution in [0, 0.1) is 5.92 Å². The van der Waals surface area contributed by atoms with Gasteiger partial charge in [-0.3, -0.25) is 4.98 Å². The highest BCUT2D eigenvalue weighted by atomic mass is 16.6. The molecule has 0 aromatic carbocycles. The third kappa shape index (κ3) is 4.00. The van der Waals surface area contributed by atoms with Crippen LogP contribution in [-0.4, -0.2) is 40.8 Å². The van der Waals surface area contributed by atoms with E-state index in [4.69, 9.17) is 9.47 Å². The van der Waals surface area contributed by atoms with Crippen LogP contribution in [0.25, 0.3) is 0 Å². The number of amides is 1. The van der Waals surface area contributed by atoms with Crippen LogP contribution in [0.4, 0.5) is 4.79 Å². The SMILES string of the molecule is CCC1C[C@H]1c1cncc(OC[C@@H]2CCN2C(=O)OC(C)(C)C)c1. The predicted octanol–water partition coefficient (Wildman–Crippen LogP) is 3.98. The highest BCUT2D eigenvalue weighted by molar-refractivity contribution is 5.69. The first-order chi connectivity index (χ1) is 11.4. The second kappa shape index (κ2) is 6.61. The van der Waals surface area contributed by atoms with Crippen LogP contribution in [-0.2, 0) is 4.74 Å². The van der Waals surface area contributed by atoms with E-state index >= 15 is 0 Å². The molecule has 5 heteroatoms. The van der Waals surface area contributed by atoms with Crippen LogP contribution >= 0.6 is 0 Å². The summed E-state index contributed by atoms with van der Waals surface area (Å²) in [6.07, 6.45) is 6.89. The number of rotatable bonds is 5. The van der Waals surface area contributed by atoms with E-state index in [-0.39, 0.29) is 12.1 Å². The zero-order chi connectivity index (χ0) is 17.3. The normalized spacial score (nSPS) is 25.8. The molecule has 1 saturated heterocycles. The first-order valence-corrected chi connectivity index (χ1v) is 8.94. The van der Waals surface area contributed by atoms with Crippen LogP contribution in [0.3, 0.4) is 0 Å². The average molecular weight is 332 g/mol. The molecule has 2 fully saturated rings. The molecule has 132 valence electrons. The molecule has 1 aromatic heterocycles. The molecule has 0 radical (unpaired) electrons. The largest absolute Gasteiger partial charge is 0.490 e. The second-order valence-electron chi connectivity index (χ2n) is 7.89. The zero-order valence-corrected chi connectivity index (χ0v) is 15.1. The summed E-state index contributed by atoms with van der Waals surface area (Å²) in [4.78, 5) is 18.2. The van der Waals surface area contributed by atoms with Gasteiger partial charge >= 0.3 is 6.09 Å². The zero-order valence-electron chi connectivity index (χ0n) is 15.1. The van der Waals surface area contributed by atoms with Crippen LogP contribution in [0.2, 0.25) is 0 Å². The molecule has 2 aliphatic rings. The lowest BCUT2D eigenvalue weighted by molar-refractivity contribution is -0.0141. The van der Waals surface area contributed by atoms with Crippen molar-refractivity contribution in [3.05, 3.63) is 24.0 Å². The van der Waals surface area contributed by atoms with E-state index in [1.807, 2.05) is 27.0 Å². The van der Waals surface area contributed by atoms with E-state index in [2.05, 4.69) is 18.0 Å². The van der Waals surface area contributed by atoms with Crippen molar-refractivity contribution in [3.63, 3.8) is 0 Å². The summed E-state index contributed by atoms with van der Waals surface area (Å²) in [6, 6.07) is 2.19. The molecular weight excluding hydrogens is 304 g/mol. The molecule has 2 heterocycles. The second-order valence-corrected chi connectivity index (χ2v) is 7.89. The Hall–Kier alpha value is -1.78. The Bertz CT molecular complexity index is 597. The number of pyridine rings is 1. The molecule has 3 rings (SSSR count). The fraction of sp³-hybridized carbons (Fsp3) is 0.684. The van der Waals surface area contributed by atoms with Gasteiger partial charge in [0.15, 0.2) is 0 Å². The average Bonchev–Trinajstić information content (AvgIpc) is 3.24. The number of hydrogen-bond acceptors (Lipinski definition) is 4. The van der Waals surface area contributed by atoms with Crippen LogP contribution in [0.15, 0.2) is 18.5 Å². The van der Waals surface area contributed by atoms with E-state index in [9.17, 15) is 4.79 Å². The molecule has 24 heavy (non-hydrogen) atoms. The molecule has 1 aliphatic heterocycles. The van der Waals surface area contributed by atoms with Gasteiger partial charge in [0, 0.05) is 12.7 Å². The van der Waals surface area contributed by atoms with Gasteiger partial charge in [-0.2, -0.15) is 0 Å². The fourth-order valence-electron chi connectivity index (χ4n) is 3.19. The number of ether oxygens (including phenoxy) is 2. The Balaban J connectivity index is 1.51. The van der Waals surface area contributed by atoms with E-state index in [1.165, 1.54) is 18.4 Å². The molecule has 0 N–H and O–H groups in total. The van der Waals surface area contributed by atoms with E-state index in [0.29, 0.717) is 12.5 Å². The summed E-state index contributed by atoms with van der Waals surface area (Å²) < 4.78 is 11.3. The molecule has 3 atom stereocenters. The highest BCUT2D eigenvalue weighted by Crippen LogP contribution is 2.49. The van der Waals surface area contributed by atoms with Gasteiger partial charge in [-0.25, -0.2) is 4.79 Å². The molecule has 0 bridgehead atoms. The third-order valence-corrected chi connectivity index (χ3v) is 4.82. The Morgan fingerprint density at radius 3 is 2.75 bits per heavy atom. The van der Waals surface area contributed by atoms with Gasteiger partial charge in [-0.05, 0) is 57.1 Å². The lowest BCUT2D eigenvalue weighted by atomic mass is 10.1. The number of hydrogen-bond donors (Lipinski definition) is 0. The number of likely N-dealkylation sites (tertiary alicyclic amines) is 1. The highest BCUT2D eigenvalue weighted by Gasteiger charge is 2.37. The summed E-state index contributed by atoms with van der Waals surface area (Å²) in [7, 11) is 0. The van der Waals surface area contributed by atoms with E-state index in [0.717, 1.165) is 24.6 Å². The van der Waals surface area contributed by atoms with Crippen molar-refractivity contribution in [1.29, 1.82) is 0 Å². The smallest absolute Gasteiger partial charge is 0.410 e. The molecule has 1 amide bonds. The first kappa shape index (κ1) is 17.1. The monoisotopic (exact) mass is 332 g/mol. The maximum Gasteiger partial charge on any atom is 0.410 e. The molecule has 1 unspecified atom stereocenters. The maximum atomic E-state index is 12.1. The number of aromatic nitrogens is 1. The summed E-state index contributed by atoms with van der Waals surface area (Å²) in [5, 5.41) is 0. The van der Waals surface area contributed by atoms with Crippen molar-refractivity contribution in [1.82, 2.24) is 9.88 Å². The van der Waals surface area contributed by atoms with Crippen molar-refractivity contribution in [3.8, 4) is 5.75 Å². The summed E-state index contributed by atoms with van der Waals surface area (Å²) >= 11 is 0. The van der Waals surface area contributed by atoms with Gasteiger partial charge in [0.05, 0.1) is 12.2 Å². The lowest BCUT2D eigenvalue weighted by Gasteiger charge is -2.40.